The van der Waals surface area contributed by atoms with Gasteiger partial charge in [-0.05, 0) is 40.8 Å². The highest BCUT2D eigenvalue weighted by Crippen LogP contribution is 2.17. The first-order valence-electron chi connectivity index (χ1n) is 6.03. The maximum Gasteiger partial charge on any atom is 0.260 e. The van der Waals surface area contributed by atoms with E-state index in [-0.39, 0.29) is 9.63 Å². The van der Waals surface area contributed by atoms with E-state index in [0.717, 1.165) is 19.3 Å². The Labute approximate surface area is 126 Å². The first-order chi connectivity index (χ1) is 8.99. The first-order valence-corrected chi connectivity index (χ1v) is 9.70. The van der Waals surface area contributed by atoms with Crippen LogP contribution in [0.1, 0.15) is 25.7 Å². The minimum atomic E-state index is -3.54. The molecule has 0 aromatic carbocycles. The van der Waals surface area contributed by atoms with Gasteiger partial charge in [-0.3, -0.25) is 0 Å². The summed E-state index contributed by atoms with van der Waals surface area (Å²) in [5, 5.41) is 7.39. The summed E-state index contributed by atoms with van der Waals surface area (Å²) >= 11 is 4.93. The Hall–Kier alpha value is -0.120. The second kappa shape index (κ2) is 8.23. The zero-order chi connectivity index (χ0) is 14.3. The van der Waals surface area contributed by atoms with Gasteiger partial charge in [-0.15, -0.1) is 5.10 Å². The van der Waals surface area contributed by atoms with Gasteiger partial charge in [-0.25, -0.2) is 17.8 Å². The summed E-state index contributed by atoms with van der Waals surface area (Å²) in [5.74, 6) is 1.17. The van der Waals surface area contributed by atoms with Crippen molar-refractivity contribution in [2.75, 3.05) is 18.6 Å². The van der Waals surface area contributed by atoms with E-state index in [1.165, 1.54) is 16.9 Å². The van der Waals surface area contributed by atoms with Gasteiger partial charge in [0.15, 0.2) is 4.60 Å². The molecule has 0 radical (unpaired) electrons. The summed E-state index contributed by atoms with van der Waals surface area (Å²) in [6.45, 7) is 0.444. The molecule has 1 heterocycles. The number of thioether (sulfide) groups is 1. The molecule has 110 valence electrons. The Morgan fingerprint density at radius 3 is 2.58 bits per heavy atom. The molecule has 0 fully saturated rings. The molecule has 19 heavy (non-hydrogen) atoms. The smallest absolute Gasteiger partial charge is 0.235 e. The van der Waals surface area contributed by atoms with Crippen molar-refractivity contribution >= 4 is 37.7 Å². The highest BCUT2D eigenvalue weighted by molar-refractivity contribution is 9.10. The normalized spacial score (nSPS) is 11.9. The van der Waals surface area contributed by atoms with Crippen molar-refractivity contribution in [1.29, 1.82) is 0 Å². The first kappa shape index (κ1) is 16.9. The summed E-state index contributed by atoms with van der Waals surface area (Å²) in [6, 6.07) is 0. The van der Waals surface area contributed by atoms with Gasteiger partial charge >= 0.3 is 0 Å². The molecule has 0 aliphatic carbocycles. The number of aryl methyl sites for hydroxylation is 1. The number of nitrogens with zero attached hydrogens (tertiary/aromatic N) is 3. The number of nitrogens with one attached hydrogen (secondary N) is 1. The van der Waals surface area contributed by atoms with E-state index in [2.05, 4.69) is 37.2 Å². The minimum absolute atomic E-state index is 0.0647. The van der Waals surface area contributed by atoms with Crippen molar-refractivity contribution in [2.45, 2.75) is 30.7 Å². The maximum atomic E-state index is 12.0. The van der Waals surface area contributed by atoms with E-state index in [1.807, 2.05) is 11.8 Å². The second-order valence-electron chi connectivity index (χ2n) is 4.11. The van der Waals surface area contributed by atoms with E-state index >= 15 is 0 Å². The van der Waals surface area contributed by atoms with E-state index in [0.29, 0.717) is 6.54 Å². The molecule has 9 heteroatoms. The molecule has 6 nitrogen and oxygen atoms in total. The van der Waals surface area contributed by atoms with Crippen LogP contribution >= 0.6 is 27.7 Å². The highest BCUT2D eigenvalue weighted by atomic mass is 79.9. The zero-order valence-corrected chi connectivity index (χ0v) is 14.3. The van der Waals surface area contributed by atoms with E-state index < -0.39 is 10.0 Å². The number of aromatic nitrogens is 3. The predicted octanol–water partition coefficient (Wildman–Crippen LogP) is 1.78. The topological polar surface area (TPSA) is 76.9 Å². The number of sulfonamides is 1. The molecule has 0 spiro atoms. The van der Waals surface area contributed by atoms with Gasteiger partial charge in [0, 0.05) is 13.6 Å². The third kappa shape index (κ3) is 5.41. The lowest BCUT2D eigenvalue weighted by atomic mass is 10.2. The van der Waals surface area contributed by atoms with Crippen molar-refractivity contribution in [1.82, 2.24) is 19.7 Å². The Bertz CT molecular complexity index is 470. The van der Waals surface area contributed by atoms with E-state index in [4.69, 9.17) is 0 Å². The summed E-state index contributed by atoms with van der Waals surface area (Å²) in [5.41, 5.74) is 0. The monoisotopic (exact) mass is 370 g/mol. The quantitative estimate of drug-likeness (QED) is 0.670. The van der Waals surface area contributed by atoms with Gasteiger partial charge in [-0.2, -0.15) is 11.8 Å². The third-order valence-electron chi connectivity index (χ3n) is 2.56. The van der Waals surface area contributed by atoms with Crippen LogP contribution < -0.4 is 4.72 Å². The molecule has 0 atom stereocenters. The van der Waals surface area contributed by atoms with Crippen LogP contribution in [0, 0.1) is 0 Å². The molecular formula is C10H19BrN4O2S2. The number of hydrogen-bond donors (Lipinski definition) is 1. The van der Waals surface area contributed by atoms with Gasteiger partial charge in [0.2, 0.25) is 5.03 Å². The molecule has 0 aliphatic heterocycles. The largest absolute Gasteiger partial charge is 0.260 e. The van der Waals surface area contributed by atoms with Gasteiger partial charge in [0.25, 0.3) is 10.0 Å². The van der Waals surface area contributed by atoms with Gasteiger partial charge < -0.3 is 0 Å². The summed E-state index contributed by atoms with van der Waals surface area (Å²) in [7, 11) is -1.99. The van der Waals surface area contributed by atoms with Crippen molar-refractivity contribution in [3.05, 3.63) is 4.60 Å². The minimum Gasteiger partial charge on any atom is -0.235 e. The molecule has 0 amide bonds. The molecule has 1 aromatic heterocycles. The van der Waals surface area contributed by atoms with Gasteiger partial charge in [0.05, 0.1) is 0 Å². The fraction of sp³-hybridized carbons (Fsp3) is 0.800. The third-order valence-corrected chi connectivity index (χ3v) is 5.60. The number of rotatable bonds is 9. The Morgan fingerprint density at radius 1 is 1.32 bits per heavy atom. The molecular weight excluding hydrogens is 352 g/mol. The van der Waals surface area contributed by atoms with Crippen LogP contribution in [-0.2, 0) is 17.1 Å². The molecule has 1 rings (SSSR count). The maximum absolute atomic E-state index is 12.0. The van der Waals surface area contributed by atoms with Crippen LogP contribution in [-0.4, -0.2) is 42.0 Å². The van der Waals surface area contributed by atoms with Crippen molar-refractivity contribution in [3.63, 3.8) is 0 Å². The molecule has 1 N–H and O–H groups in total. The Balaban J connectivity index is 2.36. The lowest BCUT2D eigenvalue weighted by molar-refractivity contribution is 0.555. The van der Waals surface area contributed by atoms with E-state index in [9.17, 15) is 8.42 Å². The van der Waals surface area contributed by atoms with Gasteiger partial charge in [-0.1, -0.05) is 18.1 Å². The lowest BCUT2D eigenvalue weighted by Gasteiger charge is -2.06. The Morgan fingerprint density at radius 2 is 2.00 bits per heavy atom. The van der Waals surface area contributed by atoms with E-state index in [1.54, 1.807) is 7.05 Å². The number of halogens is 1. The average molecular weight is 371 g/mol. The van der Waals surface area contributed by atoms with Crippen LogP contribution in [0.5, 0.6) is 0 Å². The molecule has 1 aromatic rings. The standard InChI is InChI=1S/C10H19BrN4O2S2/c1-15-10(9(11)13-14-15)19(16,17)12-7-5-3-4-6-8-18-2/h12H,3-8H2,1-2H3. The fourth-order valence-corrected chi connectivity index (χ4v) is 4.26. The van der Waals surface area contributed by atoms with Crippen molar-refractivity contribution < 1.29 is 8.42 Å². The van der Waals surface area contributed by atoms with Crippen molar-refractivity contribution in [2.24, 2.45) is 7.05 Å². The highest BCUT2D eigenvalue weighted by Gasteiger charge is 2.22. The van der Waals surface area contributed by atoms with Gasteiger partial charge in [0.1, 0.15) is 0 Å². The summed E-state index contributed by atoms with van der Waals surface area (Å²) in [4.78, 5) is 0. The SMILES string of the molecule is CSCCCCCCNS(=O)(=O)c1c(Br)nnn1C. The molecule has 0 bridgehead atoms. The molecule has 0 aliphatic rings. The van der Waals surface area contributed by atoms with Crippen LogP contribution in [0.2, 0.25) is 0 Å². The fourth-order valence-electron chi connectivity index (χ4n) is 1.61. The van der Waals surface area contributed by atoms with Crippen LogP contribution in [0.15, 0.2) is 9.63 Å². The lowest BCUT2D eigenvalue weighted by Crippen LogP contribution is -2.27. The average Bonchev–Trinajstić information content (AvgIpc) is 2.68. The predicted molar refractivity (Wildman–Crippen MR) is 80.7 cm³/mol. The van der Waals surface area contributed by atoms with Crippen LogP contribution in [0.3, 0.4) is 0 Å². The number of hydrogen-bond acceptors (Lipinski definition) is 5. The summed E-state index contributed by atoms with van der Waals surface area (Å²) < 4.78 is 28.1. The second-order valence-corrected chi connectivity index (χ2v) is 7.53. The number of unbranched alkanes of at least 4 members (excludes halogenated alkanes) is 3. The zero-order valence-electron chi connectivity index (χ0n) is 11.1. The molecule has 0 saturated carbocycles. The van der Waals surface area contributed by atoms with Crippen molar-refractivity contribution in [3.8, 4) is 0 Å². The molecule has 0 unspecified atom stereocenters. The van der Waals surface area contributed by atoms with Crippen LogP contribution in [0.4, 0.5) is 0 Å². The summed E-state index contributed by atoms with van der Waals surface area (Å²) in [6.07, 6.45) is 6.29. The van der Waals surface area contributed by atoms with Crippen LogP contribution in [0.25, 0.3) is 0 Å². The Kier molecular flexibility index (Phi) is 7.33. The molecule has 0 saturated heterocycles.